The van der Waals surface area contributed by atoms with E-state index >= 15 is 0 Å². The van der Waals surface area contributed by atoms with Crippen molar-refractivity contribution in [3.63, 3.8) is 0 Å². The van der Waals surface area contributed by atoms with Gasteiger partial charge in [0.05, 0.1) is 5.52 Å². The van der Waals surface area contributed by atoms with E-state index in [1.165, 1.54) is 5.56 Å². The monoisotopic (exact) mass is 253 g/mol. The summed E-state index contributed by atoms with van der Waals surface area (Å²) in [7, 11) is 0. The molecule has 2 N–H and O–H groups in total. The van der Waals surface area contributed by atoms with Crippen molar-refractivity contribution in [1.82, 2.24) is 9.38 Å². The molecule has 2 aromatic heterocycles. The van der Waals surface area contributed by atoms with Crippen molar-refractivity contribution >= 4 is 21.4 Å². The van der Waals surface area contributed by atoms with Crippen LogP contribution in [0.25, 0.3) is 5.52 Å². The SMILES string of the molecule is Cc1ccn2c(CCN)nc(Br)c2c1. The van der Waals surface area contributed by atoms with Crippen LogP contribution >= 0.6 is 15.9 Å². The number of hydrogen-bond donors (Lipinski definition) is 1. The van der Waals surface area contributed by atoms with Gasteiger partial charge in [0.15, 0.2) is 0 Å². The number of imidazole rings is 1. The average molecular weight is 254 g/mol. The van der Waals surface area contributed by atoms with Gasteiger partial charge in [0.25, 0.3) is 0 Å². The zero-order valence-electron chi connectivity index (χ0n) is 8.00. The van der Waals surface area contributed by atoms with E-state index < -0.39 is 0 Å². The third-order valence-corrected chi connectivity index (χ3v) is 2.78. The standard InChI is InChI=1S/C10H12BrN3/c1-7-3-5-14-8(6-7)10(11)13-9(14)2-4-12/h3,5-6H,2,4,12H2,1H3. The summed E-state index contributed by atoms with van der Waals surface area (Å²) in [5.74, 6) is 1.01. The lowest BCUT2D eigenvalue weighted by atomic mass is 10.3. The van der Waals surface area contributed by atoms with E-state index in [1.54, 1.807) is 0 Å². The summed E-state index contributed by atoms with van der Waals surface area (Å²) in [5.41, 5.74) is 7.86. The van der Waals surface area contributed by atoms with Crippen LogP contribution in [0.15, 0.2) is 22.9 Å². The molecule has 0 saturated carbocycles. The second-order valence-electron chi connectivity index (χ2n) is 3.32. The Morgan fingerprint density at radius 2 is 2.36 bits per heavy atom. The van der Waals surface area contributed by atoms with Gasteiger partial charge in [-0.25, -0.2) is 4.98 Å². The van der Waals surface area contributed by atoms with Crippen molar-refractivity contribution in [2.45, 2.75) is 13.3 Å². The zero-order chi connectivity index (χ0) is 10.1. The second kappa shape index (κ2) is 3.71. The minimum absolute atomic E-state index is 0.624. The van der Waals surface area contributed by atoms with Crippen molar-refractivity contribution in [1.29, 1.82) is 0 Å². The summed E-state index contributed by atoms with van der Waals surface area (Å²) in [6, 6.07) is 4.18. The number of fused-ring (bicyclic) bond motifs is 1. The van der Waals surface area contributed by atoms with Crippen LogP contribution in [-0.4, -0.2) is 15.9 Å². The first-order valence-corrected chi connectivity index (χ1v) is 5.35. The molecule has 0 unspecified atom stereocenters. The quantitative estimate of drug-likeness (QED) is 0.889. The molecule has 0 aromatic carbocycles. The molecule has 2 aromatic rings. The van der Waals surface area contributed by atoms with E-state index in [9.17, 15) is 0 Å². The molecule has 74 valence electrons. The number of nitrogens with two attached hydrogens (primary N) is 1. The normalized spacial score (nSPS) is 11.1. The Labute approximate surface area is 91.1 Å². The summed E-state index contributed by atoms with van der Waals surface area (Å²) in [4.78, 5) is 4.42. The Balaban J connectivity index is 2.65. The molecule has 0 aliphatic carbocycles. The molecule has 0 saturated heterocycles. The average Bonchev–Trinajstić information content (AvgIpc) is 2.44. The number of pyridine rings is 1. The van der Waals surface area contributed by atoms with Gasteiger partial charge in [0.2, 0.25) is 0 Å². The molecule has 0 radical (unpaired) electrons. The summed E-state index contributed by atoms with van der Waals surface area (Å²) >= 11 is 3.45. The Morgan fingerprint density at radius 1 is 1.57 bits per heavy atom. The number of halogens is 1. The lowest BCUT2D eigenvalue weighted by Crippen LogP contribution is -2.06. The fourth-order valence-electron chi connectivity index (χ4n) is 1.52. The first-order valence-electron chi connectivity index (χ1n) is 4.55. The minimum atomic E-state index is 0.624. The zero-order valence-corrected chi connectivity index (χ0v) is 9.58. The van der Waals surface area contributed by atoms with E-state index in [0.29, 0.717) is 6.54 Å². The lowest BCUT2D eigenvalue weighted by Gasteiger charge is -1.99. The number of hydrogen-bond acceptors (Lipinski definition) is 2. The largest absolute Gasteiger partial charge is 0.330 e. The van der Waals surface area contributed by atoms with Crippen LogP contribution < -0.4 is 5.73 Å². The van der Waals surface area contributed by atoms with E-state index in [2.05, 4.69) is 44.4 Å². The summed E-state index contributed by atoms with van der Waals surface area (Å²) in [6.07, 6.45) is 2.84. The van der Waals surface area contributed by atoms with Crippen molar-refractivity contribution in [2.24, 2.45) is 5.73 Å². The predicted octanol–water partition coefficient (Wildman–Crippen LogP) is 1.91. The maximum atomic E-state index is 5.52. The fraction of sp³-hybridized carbons (Fsp3) is 0.300. The van der Waals surface area contributed by atoms with Gasteiger partial charge >= 0.3 is 0 Å². The number of nitrogens with zero attached hydrogens (tertiary/aromatic N) is 2. The minimum Gasteiger partial charge on any atom is -0.330 e. The number of aryl methyl sites for hydroxylation is 1. The molecule has 3 nitrogen and oxygen atoms in total. The first-order chi connectivity index (χ1) is 6.72. The van der Waals surface area contributed by atoms with Crippen molar-refractivity contribution in [2.75, 3.05) is 6.54 Å². The molecular weight excluding hydrogens is 242 g/mol. The molecule has 0 bridgehead atoms. The molecular formula is C10H12BrN3. The number of aromatic nitrogens is 2. The van der Waals surface area contributed by atoms with Crippen LogP contribution in [0.3, 0.4) is 0 Å². The summed E-state index contributed by atoms with van der Waals surface area (Å²) in [6.45, 7) is 2.70. The summed E-state index contributed by atoms with van der Waals surface area (Å²) in [5, 5.41) is 0. The topological polar surface area (TPSA) is 43.3 Å². The molecule has 0 atom stereocenters. The maximum absolute atomic E-state index is 5.52. The maximum Gasteiger partial charge on any atom is 0.132 e. The Bertz CT molecular complexity index is 462. The van der Waals surface area contributed by atoms with Gasteiger partial charge in [-0.1, -0.05) is 0 Å². The van der Waals surface area contributed by atoms with Crippen LogP contribution in [0.1, 0.15) is 11.4 Å². The highest BCUT2D eigenvalue weighted by molar-refractivity contribution is 9.10. The molecule has 0 spiro atoms. The second-order valence-corrected chi connectivity index (χ2v) is 4.07. The smallest absolute Gasteiger partial charge is 0.132 e. The van der Waals surface area contributed by atoms with E-state index in [1.807, 2.05) is 6.20 Å². The van der Waals surface area contributed by atoms with Crippen LogP contribution in [-0.2, 0) is 6.42 Å². The molecule has 4 heteroatoms. The first kappa shape index (κ1) is 9.68. The van der Waals surface area contributed by atoms with Crippen LogP contribution in [0.4, 0.5) is 0 Å². The van der Waals surface area contributed by atoms with Gasteiger partial charge in [-0.3, -0.25) is 0 Å². The van der Waals surface area contributed by atoms with Gasteiger partial charge in [-0.2, -0.15) is 0 Å². The van der Waals surface area contributed by atoms with Crippen LogP contribution in [0.5, 0.6) is 0 Å². The Hall–Kier alpha value is -0.870. The molecule has 2 heterocycles. The van der Waals surface area contributed by atoms with Gasteiger partial charge in [-0.05, 0) is 47.1 Å². The predicted molar refractivity (Wildman–Crippen MR) is 60.4 cm³/mol. The van der Waals surface area contributed by atoms with Crippen molar-refractivity contribution < 1.29 is 0 Å². The van der Waals surface area contributed by atoms with Gasteiger partial charge < -0.3 is 10.1 Å². The molecule has 0 aliphatic heterocycles. The molecule has 0 aliphatic rings. The van der Waals surface area contributed by atoms with E-state index in [-0.39, 0.29) is 0 Å². The third kappa shape index (κ3) is 1.55. The van der Waals surface area contributed by atoms with Crippen molar-refractivity contribution in [3.8, 4) is 0 Å². The third-order valence-electron chi connectivity index (χ3n) is 2.20. The highest BCUT2D eigenvalue weighted by Gasteiger charge is 2.07. The molecule has 2 rings (SSSR count). The highest BCUT2D eigenvalue weighted by Crippen LogP contribution is 2.19. The van der Waals surface area contributed by atoms with E-state index in [0.717, 1.165) is 22.4 Å². The summed E-state index contributed by atoms with van der Waals surface area (Å²) < 4.78 is 2.97. The Morgan fingerprint density at radius 3 is 3.07 bits per heavy atom. The van der Waals surface area contributed by atoms with Crippen LogP contribution in [0, 0.1) is 6.92 Å². The van der Waals surface area contributed by atoms with Crippen molar-refractivity contribution in [3.05, 3.63) is 34.3 Å². The molecule has 0 fully saturated rings. The van der Waals surface area contributed by atoms with Gasteiger partial charge in [-0.15, -0.1) is 0 Å². The Kier molecular flexibility index (Phi) is 2.56. The number of rotatable bonds is 2. The van der Waals surface area contributed by atoms with E-state index in [4.69, 9.17) is 5.73 Å². The molecule has 0 amide bonds. The van der Waals surface area contributed by atoms with Crippen LogP contribution in [0.2, 0.25) is 0 Å². The fourth-order valence-corrected chi connectivity index (χ4v) is 2.03. The van der Waals surface area contributed by atoms with Gasteiger partial charge in [0.1, 0.15) is 10.4 Å². The lowest BCUT2D eigenvalue weighted by molar-refractivity contribution is 0.861. The molecule has 14 heavy (non-hydrogen) atoms. The van der Waals surface area contributed by atoms with Gasteiger partial charge in [0, 0.05) is 12.6 Å². The highest BCUT2D eigenvalue weighted by atomic mass is 79.9.